The van der Waals surface area contributed by atoms with Crippen molar-refractivity contribution in [2.24, 2.45) is 0 Å². The fraction of sp³-hybridized carbons (Fsp3) is 0.571. The number of nitrogens with zero attached hydrogens (tertiary/aromatic N) is 2. The van der Waals surface area contributed by atoms with E-state index >= 15 is 0 Å². The van der Waals surface area contributed by atoms with E-state index in [0.29, 0.717) is 6.04 Å². The maximum absolute atomic E-state index is 12.6. The van der Waals surface area contributed by atoms with E-state index in [2.05, 4.69) is 17.9 Å². The molecule has 0 radical (unpaired) electrons. The van der Waals surface area contributed by atoms with E-state index in [9.17, 15) is 4.79 Å². The third kappa shape index (κ3) is 4.24. The van der Waals surface area contributed by atoms with Crippen molar-refractivity contribution in [1.29, 1.82) is 0 Å². The number of benzene rings is 1. The van der Waals surface area contributed by atoms with Crippen LogP contribution in [0.5, 0.6) is 0 Å². The molecule has 0 saturated carbocycles. The van der Waals surface area contributed by atoms with Gasteiger partial charge in [-0.1, -0.05) is 24.6 Å². The van der Waals surface area contributed by atoms with Crippen LogP contribution in [0.2, 0.25) is 0 Å². The molecule has 1 fully saturated rings. The quantitative estimate of drug-likeness (QED) is 0.800. The highest BCUT2D eigenvalue weighted by Gasteiger charge is 2.23. The molecule has 0 aliphatic carbocycles. The van der Waals surface area contributed by atoms with Gasteiger partial charge in [0.15, 0.2) is 0 Å². The molecule has 0 spiro atoms. The smallest absolute Gasteiger partial charge is 0.419 e. The van der Waals surface area contributed by atoms with Gasteiger partial charge in [-0.3, -0.25) is 4.57 Å². The fourth-order valence-corrected chi connectivity index (χ4v) is 3.68. The Kier molecular flexibility index (Phi) is 5.19. The lowest BCUT2D eigenvalue weighted by molar-refractivity contribution is 0.0544. The summed E-state index contributed by atoms with van der Waals surface area (Å²) in [6, 6.07) is 8.60. The predicted octanol–water partition coefficient (Wildman–Crippen LogP) is 4.84. The molecule has 1 aliphatic heterocycles. The molecule has 1 atom stereocenters. The monoisotopic (exact) mass is 342 g/mol. The molecule has 136 valence electrons. The lowest BCUT2D eigenvalue weighted by Crippen LogP contribution is -2.38. The number of rotatable bonds is 3. The van der Waals surface area contributed by atoms with Crippen LogP contribution in [-0.4, -0.2) is 40.3 Å². The average molecular weight is 342 g/mol. The molecule has 0 bridgehead atoms. The zero-order chi connectivity index (χ0) is 18.0. The number of likely N-dealkylation sites (tertiary alicyclic amines) is 1. The maximum atomic E-state index is 12.6. The molecule has 2 heterocycles. The molecular weight excluding hydrogens is 312 g/mol. The highest BCUT2D eigenvalue weighted by atomic mass is 16.6. The minimum absolute atomic E-state index is 0.305. The van der Waals surface area contributed by atoms with Gasteiger partial charge in [-0.2, -0.15) is 0 Å². The van der Waals surface area contributed by atoms with E-state index in [-0.39, 0.29) is 6.09 Å². The van der Waals surface area contributed by atoms with Crippen molar-refractivity contribution in [1.82, 2.24) is 9.47 Å². The van der Waals surface area contributed by atoms with Crippen LogP contribution in [0.3, 0.4) is 0 Å². The predicted molar refractivity (Wildman–Crippen MR) is 102 cm³/mol. The summed E-state index contributed by atoms with van der Waals surface area (Å²) >= 11 is 0. The molecule has 0 N–H and O–H groups in total. The van der Waals surface area contributed by atoms with Gasteiger partial charge in [0.05, 0.1) is 5.52 Å². The first kappa shape index (κ1) is 18.0. The van der Waals surface area contributed by atoms with Gasteiger partial charge in [0.25, 0.3) is 0 Å². The summed E-state index contributed by atoms with van der Waals surface area (Å²) < 4.78 is 7.25. The minimum Gasteiger partial charge on any atom is -0.443 e. The number of carbonyl (C=O) groups is 1. The van der Waals surface area contributed by atoms with Crippen LogP contribution in [0.25, 0.3) is 10.9 Å². The van der Waals surface area contributed by atoms with Crippen molar-refractivity contribution >= 4 is 17.0 Å². The highest BCUT2D eigenvalue weighted by Crippen LogP contribution is 2.25. The Morgan fingerprint density at radius 2 is 1.84 bits per heavy atom. The van der Waals surface area contributed by atoms with Crippen LogP contribution >= 0.6 is 0 Å². The molecule has 2 aromatic rings. The number of carbonyl (C=O) groups excluding carboxylic acids is 1. The van der Waals surface area contributed by atoms with Crippen LogP contribution in [0.1, 0.15) is 52.5 Å². The van der Waals surface area contributed by atoms with Gasteiger partial charge < -0.3 is 9.64 Å². The van der Waals surface area contributed by atoms with Gasteiger partial charge in [0, 0.05) is 17.6 Å². The van der Waals surface area contributed by atoms with Crippen LogP contribution in [0.15, 0.2) is 30.5 Å². The molecule has 1 aromatic carbocycles. The summed E-state index contributed by atoms with van der Waals surface area (Å²) in [7, 11) is 0. The summed E-state index contributed by atoms with van der Waals surface area (Å²) in [6.07, 6.45) is 6.56. The molecular formula is C21H30N2O2. The normalized spacial score (nSPS) is 17.6. The SMILES string of the molecule is CC(Cc1cn(C(=O)OC(C)(C)C)c2ccccc12)N1CCCCC1. The fourth-order valence-electron chi connectivity index (χ4n) is 3.68. The molecule has 1 saturated heterocycles. The van der Waals surface area contributed by atoms with Gasteiger partial charge in [-0.25, -0.2) is 4.79 Å². The second kappa shape index (κ2) is 7.20. The summed E-state index contributed by atoms with van der Waals surface area (Å²) in [5.74, 6) is 0. The standard InChI is InChI=1S/C21H30N2O2/c1-16(22-12-8-5-9-13-22)14-17-15-23(20(24)25-21(2,3)4)19-11-7-6-10-18(17)19/h6-7,10-11,15-16H,5,8-9,12-14H2,1-4H3. The molecule has 1 aromatic heterocycles. The lowest BCUT2D eigenvalue weighted by Gasteiger charge is -2.32. The van der Waals surface area contributed by atoms with E-state index in [1.165, 1.54) is 37.9 Å². The second-order valence-corrected chi connectivity index (χ2v) is 8.17. The van der Waals surface area contributed by atoms with Crippen molar-refractivity contribution < 1.29 is 9.53 Å². The van der Waals surface area contributed by atoms with Gasteiger partial charge >= 0.3 is 6.09 Å². The largest absolute Gasteiger partial charge is 0.443 e. The van der Waals surface area contributed by atoms with Gasteiger partial charge in [0.1, 0.15) is 5.60 Å². The number of para-hydroxylation sites is 1. The number of piperidine rings is 1. The van der Waals surface area contributed by atoms with Crippen molar-refractivity contribution in [2.75, 3.05) is 13.1 Å². The third-order valence-electron chi connectivity index (χ3n) is 4.91. The Morgan fingerprint density at radius 1 is 1.16 bits per heavy atom. The summed E-state index contributed by atoms with van der Waals surface area (Å²) in [5.41, 5.74) is 1.65. The molecule has 0 amide bonds. The molecule has 1 unspecified atom stereocenters. The van der Waals surface area contributed by atoms with Crippen molar-refractivity contribution in [2.45, 2.75) is 65.0 Å². The van der Waals surface area contributed by atoms with Gasteiger partial charge in [-0.15, -0.1) is 0 Å². The molecule has 4 nitrogen and oxygen atoms in total. The molecule has 1 aliphatic rings. The molecule has 3 rings (SSSR count). The number of hydrogen-bond acceptors (Lipinski definition) is 3. The Balaban J connectivity index is 1.87. The van der Waals surface area contributed by atoms with E-state index in [1.807, 2.05) is 45.2 Å². The van der Waals surface area contributed by atoms with E-state index in [0.717, 1.165) is 17.3 Å². The molecule has 4 heteroatoms. The number of fused-ring (bicyclic) bond motifs is 1. The Hall–Kier alpha value is -1.81. The van der Waals surface area contributed by atoms with Crippen molar-refractivity contribution in [3.05, 3.63) is 36.0 Å². The van der Waals surface area contributed by atoms with Gasteiger partial charge in [-0.05, 0) is 71.7 Å². The van der Waals surface area contributed by atoms with Crippen molar-refractivity contribution in [3.8, 4) is 0 Å². The van der Waals surface area contributed by atoms with Crippen LogP contribution in [0.4, 0.5) is 4.79 Å². The number of hydrogen-bond donors (Lipinski definition) is 0. The topological polar surface area (TPSA) is 34.5 Å². The zero-order valence-corrected chi connectivity index (χ0v) is 15.9. The maximum Gasteiger partial charge on any atom is 0.419 e. The average Bonchev–Trinajstić information content (AvgIpc) is 2.93. The first-order valence-corrected chi connectivity index (χ1v) is 9.41. The van der Waals surface area contributed by atoms with Crippen LogP contribution in [-0.2, 0) is 11.2 Å². The van der Waals surface area contributed by atoms with Gasteiger partial charge in [0.2, 0.25) is 0 Å². The Bertz CT molecular complexity index is 736. The van der Waals surface area contributed by atoms with E-state index in [1.54, 1.807) is 4.57 Å². The minimum atomic E-state index is -0.496. The Labute approximate surface area is 150 Å². The number of aromatic nitrogens is 1. The first-order chi connectivity index (χ1) is 11.8. The lowest BCUT2D eigenvalue weighted by atomic mass is 10.0. The summed E-state index contributed by atoms with van der Waals surface area (Å²) in [4.78, 5) is 15.2. The van der Waals surface area contributed by atoms with Crippen LogP contribution in [0, 0.1) is 0 Å². The third-order valence-corrected chi connectivity index (χ3v) is 4.91. The zero-order valence-electron chi connectivity index (χ0n) is 15.9. The second-order valence-electron chi connectivity index (χ2n) is 8.17. The summed E-state index contributed by atoms with van der Waals surface area (Å²) in [5, 5.41) is 1.15. The van der Waals surface area contributed by atoms with Crippen molar-refractivity contribution in [3.63, 3.8) is 0 Å². The summed E-state index contributed by atoms with van der Waals surface area (Å²) in [6.45, 7) is 10.4. The number of ether oxygens (including phenoxy) is 1. The van der Waals surface area contributed by atoms with E-state index < -0.39 is 5.60 Å². The Morgan fingerprint density at radius 3 is 2.52 bits per heavy atom. The van der Waals surface area contributed by atoms with E-state index in [4.69, 9.17) is 4.74 Å². The first-order valence-electron chi connectivity index (χ1n) is 9.41. The molecule has 25 heavy (non-hydrogen) atoms. The highest BCUT2D eigenvalue weighted by molar-refractivity contribution is 5.92. The van der Waals surface area contributed by atoms with Crippen LogP contribution < -0.4 is 0 Å².